The lowest BCUT2D eigenvalue weighted by Crippen LogP contribution is -2.33. The summed E-state index contributed by atoms with van der Waals surface area (Å²) in [5.41, 5.74) is 0. The van der Waals surface area contributed by atoms with Crippen molar-refractivity contribution in [3.05, 3.63) is 0 Å². The van der Waals surface area contributed by atoms with Gasteiger partial charge in [-0.15, -0.1) is 0 Å². The van der Waals surface area contributed by atoms with Crippen molar-refractivity contribution in [2.75, 3.05) is 13.6 Å². The second-order valence-corrected chi connectivity index (χ2v) is 2.38. The first-order valence-electron chi connectivity index (χ1n) is 2.84. The van der Waals surface area contributed by atoms with Crippen molar-refractivity contribution in [3.8, 4) is 0 Å². The van der Waals surface area contributed by atoms with Crippen LogP contribution >= 0.6 is 0 Å². The molecule has 2 atom stereocenters. The predicted molar refractivity (Wildman–Crippen MR) is 31.2 cm³/mol. The van der Waals surface area contributed by atoms with Gasteiger partial charge in [-0.05, 0) is 14.0 Å². The summed E-state index contributed by atoms with van der Waals surface area (Å²) in [5.74, 6) is 0. The van der Waals surface area contributed by atoms with Gasteiger partial charge in [0.05, 0.1) is 0 Å². The Morgan fingerprint density at radius 3 is 2.50 bits per heavy atom. The predicted octanol–water partition coefficient (Wildman–Crippen LogP) is -0.814. The Labute approximate surface area is 49.3 Å². The van der Waals surface area contributed by atoms with Crippen molar-refractivity contribution in [1.29, 1.82) is 0 Å². The van der Waals surface area contributed by atoms with Crippen molar-refractivity contribution < 1.29 is 5.11 Å². The highest BCUT2D eigenvalue weighted by molar-refractivity contribution is 4.74. The molecule has 0 spiro atoms. The number of nitrogens with zero attached hydrogens (tertiary/aromatic N) is 1. The molecule has 2 N–H and O–H groups in total. The Balaban J connectivity index is 2.39. The number of hydrogen-bond donors (Lipinski definition) is 2. The van der Waals surface area contributed by atoms with E-state index in [4.69, 9.17) is 5.11 Å². The summed E-state index contributed by atoms with van der Waals surface area (Å²) >= 11 is 0. The van der Waals surface area contributed by atoms with Gasteiger partial charge in [-0.2, -0.15) is 0 Å². The average molecular weight is 116 g/mol. The molecule has 1 aliphatic rings. The molecular weight excluding hydrogens is 104 g/mol. The summed E-state index contributed by atoms with van der Waals surface area (Å²) < 4.78 is 0. The van der Waals surface area contributed by atoms with E-state index >= 15 is 0 Å². The molecule has 3 heteroatoms. The third-order valence-corrected chi connectivity index (χ3v) is 1.41. The molecule has 3 nitrogen and oxygen atoms in total. The van der Waals surface area contributed by atoms with Crippen LogP contribution in [0.4, 0.5) is 0 Å². The van der Waals surface area contributed by atoms with Gasteiger partial charge >= 0.3 is 0 Å². The van der Waals surface area contributed by atoms with Crippen LogP contribution in [-0.4, -0.2) is 36.0 Å². The van der Waals surface area contributed by atoms with Crippen molar-refractivity contribution in [2.24, 2.45) is 0 Å². The maximum atomic E-state index is 8.98. The molecule has 1 aliphatic heterocycles. The quantitative estimate of drug-likeness (QED) is 0.434. The minimum absolute atomic E-state index is 0.426. The molecule has 0 bridgehead atoms. The summed E-state index contributed by atoms with van der Waals surface area (Å²) in [7, 11) is 1.89. The standard InChI is InChI=1S/C5H12N2O/c1-4-3-7(2)5(8)6-4/h4-6,8H,3H2,1-2H3. The van der Waals surface area contributed by atoms with Crippen LogP contribution < -0.4 is 5.32 Å². The van der Waals surface area contributed by atoms with E-state index in [9.17, 15) is 0 Å². The third-order valence-electron chi connectivity index (χ3n) is 1.41. The molecule has 0 aromatic rings. The van der Waals surface area contributed by atoms with Crippen LogP contribution in [0, 0.1) is 0 Å². The van der Waals surface area contributed by atoms with Crippen LogP contribution in [0.1, 0.15) is 6.92 Å². The topological polar surface area (TPSA) is 35.5 Å². The van der Waals surface area contributed by atoms with E-state index in [1.807, 2.05) is 18.9 Å². The summed E-state index contributed by atoms with van der Waals surface area (Å²) in [4.78, 5) is 1.87. The largest absolute Gasteiger partial charge is 0.365 e. The zero-order chi connectivity index (χ0) is 6.15. The molecule has 0 aliphatic carbocycles. The molecule has 0 radical (unpaired) electrons. The smallest absolute Gasteiger partial charge is 0.163 e. The van der Waals surface area contributed by atoms with Gasteiger partial charge in [0.15, 0.2) is 6.35 Å². The van der Waals surface area contributed by atoms with Gasteiger partial charge in [0.2, 0.25) is 0 Å². The molecule has 48 valence electrons. The van der Waals surface area contributed by atoms with E-state index in [-0.39, 0.29) is 0 Å². The SMILES string of the molecule is CC1CN(C)C(O)N1. The fraction of sp³-hybridized carbons (Fsp3) is 1.00. The molecule has 0 aromatic carbocycles. The Hall–Kier alpha value is -0.120. The van der Waals surface area contributed by atoms with Crippen molar-refractivity contribution in [1.82, 2.24) is 10.2 Å². The maximum absolute atomic E-state index is 8.98. The average Bonchev–Trinajstić information content (AvgIpc) is 1.85. The van der Waals surface area contributed by atoms with E-state index in [2.05, 4.69) is 5.32 Å². The highest BCUT2D eigenvalue weighted by Gasteiger charge is 2.22. The van der Waals surface area contributed by atoms with Crippen LogP contribution in [0.2, 0.25) is 0 Å². The highest BCUT2D eigenvalue weighted by atomic mass is 16.3. The van der Waals surface area contributed by atoms with Gasteiger partial charge in [-0.25, -0.2) is 0 Å². The van der Waals surface area contributed by atoms with Crippen LogP contribution in [0.5, 0.6) is 0 Å². The van der Waals surface area contributed by atoms with Gasteiger partial charge in [0.25, 0.3) is 0 Å². The number of aliphatic hydroxyl groups is 1. The monoisotopic (exact) mass is 116 g/mol. The van der Waals surface area contributed by atoms with E-state index in [0.29, 0.717) is 6.04 Å². The van der Waals surface area contributed by atoms with Gasteiger partial charge in [0, 0.05) is 12.6 Å². The molecule has 2 unspecified atom stereocenters. The zero-order valence-corrected chi connectivity index (χ0v) is 5.26. The fourth-order valence-corrected chi connectivity index (χ4v) is 0.966. The van der Waals surface area contributed by atoms with Crippen molar-refractivity contribution in [2.45, 2.75) is 19.3 Å². The van der Waals surface area contributed by atoms with Gasteiger partial charge in [0.1, 0.15) is 0 Å². The Kier molecular flexibility index (Phi) is 1.51. The first kappa shape index (κ1) is 6.01. The Morgan fingerprint density at radius 2 is 2.38 bits per heavy atom. The molecule has 0 amide bonds. The van der Waals surface area contributed by atoms with E-state index in [0.717, 1.165) is 6.54 Å². The number of rotatable bonds is 0. The lowest BCUT2D eigenvalue weighted by atomic mass is 10.4. The molecule has 1 fully saturated rings. The van der Waals surface area contributed by atoms with E-state index < -0.39 is 6.35 Å². The fourth-order valence-electron chi connectivity index (χ4n) is 0.966. The van der Waals surface area contributed by atoms with E-state index in [1.165, 1.54) is 0 Å². The number of aliphatic hydroxyl groups excluding tert-OH is 1. The molecule has 0 saturated carbocycles. The van der Waals surface area contributed by atoms with Crippen LogP contribution in [-0.2, 0) is 0 Å². The molecule has 1 heterocycles. The number of hydrogen-bond acceptors (Lipinski definition) is 3. The second-order valence-electron chi connectivity index (χ2n) is 2.38. The van der Waals surface area contributed by atoms with Crippen LogP contribution in [0.3, 0.4) is 0 Å². The molecule has 1 rings (SSSR count). The lowest BCUT2D eigenvalue weighted by Gasteiger charge is -2.10. The van der Waals surface area contributed by atoms with Crippen LogP contribution in [0.15, 0.2) is 0 Å². The van der Waals surface area contributed by atoms with Crippen LogP contribution in [0.25, 0.3) is 0 Å². The number of likely N-dealkylation sites (N-methyl/N-ethyl adjacent to an activating group) is 1. The number of nitrogens with one attached hydrogen (secondary N) is 1. The normalized spacial score (nSPS) is 40.9. The molecule has 8 heavy (non-hydrogen) atoms. The van der Waals surface area contributed by atoms with Gasteiger partial charge < -0.3 is 5.11 Å². The maximum Gasteiger partial charge on any atom is 0.163 e. The highest BCUT2D eigenvalue weighted by Crippen LogP contribution is 2.00. The van der Waals surface area contributed by atoms with Crippen molar-refractivity contribution in [3.63, 3.8) is 0 Å². The van der Waals surface area contributed by atoms with Crippen molar-refractivity contribution >= 4 is 0 Å². The minimum Gasteiger partial charge on any atom is -0.365 e. The Bertz CT molecular complexity index is 76.5. The molecular formula is C5H12N2O. The third kappa shape index (κ3) is 0.992. The summed E-state index contributed by atoms with van der Waals surface area (Å²) in [6.07, 6.45) is -0.426. The molecule has 1 saturated heterocycles. The summed E-state index contributed by atoms with van der Waals surface area (Å²) in [5, 5.41) is 11.9. The molecule has 0 aromatic heterocycles. The zero-order valence-electron chi connectivity index (χ0n) is 5.26. The van der Waals surface area contributed by atoms with Gasteiger partial charge in [-0.1, -0.05) is 0 Å². The van der Waals surface area contributed by atoms with Gasteiger partial charge in [-0.3, -0.25) is 10.2 Å². The second kappa shape index (κ2) is 2.01. The lowest BCUT2D eigenvalue weighted by molar-refractivity contribution is 0.0392. The summed E-state index contributed by atoms with van der Waals surface area (Å²) in [6.45, 7) is 2.98. The first-order valence-corrected chi connectivity index (χ1v) is 2.84. The minimum atomic E-state index is -0.426. The first-order chi connectivity index (χ1) is 3.70. The Morgan fingerprint density at radius 1 is 1.75 bits per heavy atom. The summed E-state index contributed by atoms with van der Waals surface area (Å²) in [6, 6.07) is 0.426. The van der Waals surface area contributed by atoms with E-state index in [1.54, 1.807) is 0 Å².